The van der Waals surface area contributed by atoms with Crippen LogP contribution in [0.4, 0.5) is 0 Å². The van der Waals surface area contributed by atoms with E-state index in [1.165, 1.54) is 19.5 Å². The monoisotopic (exact) mass is 482 g/mol. The van der Waals surface area contributed by atoms with Crippen LogP contribution in [0.25, 0.3) is 0 Å². The molecule has 9 atom stereocenters. The van der Waals surface area contributed by atoms with Crippen molar-refractivity contribution in [2.45, 2.75) is 84.7 Å². The Morgan fingerprint density at radius 3 is 2.49 bits per heavy atom. The largest absolute Gasteiger partial charge is 0.472 e. The number of aliphatic hydroxyl groups is 1. The lowest BCUT2D eigenvalue weighted by molar-refractivity contribution is -0.208. The summed E-state index contributed by atoms with van der Waals surface area (Å²) in [4.78, 5) is 39.1. The van der Waals surface area contributed by atoms with Gasteiger partial charge >= 0.3 is 5.97 Å². The molecule has 1 N–H and O–H groups in total. The van der Waals surface area contributed by atoms with Gasteiger partial charge in [0.1, 0.15) is 12.2 Å². The number of carbonyl (C=O) groups is 3. The fourth-order valence-corrected chi connectivity index (χ4v) is 9.25. The molecule has 7 nitrogen and oxygen atoms in total. The van der Waals surface area contributed by atoms with Gasteiger partial charge in [0, 0.05) is 34.1 Å². The standard InChI is InChI=1S/C28H34O7/c1-14(29)34-20-12-17-24(2,3)22(31)21-23(35-21)27(17,6)16-7-9-25(4)18(26(16,20)5)11-19(30)28(25,32)15-8-10-33-13-15/h8,10-11,13,16-17,20-21,23,32H,7,9,12H2,1-6H3. The van der Waals surface area contributed by atoms with Crippen LogP contribution in [-0.2, 0) is 29.5 Å². The molecule has 0 amide bonds. The predicted molar refractivity (Wildman–Crippen MR) is 124 cm³/mol. The fraction of sp³-hybridized carbons (Fsp3) is 0.679. The Bertz CT molecular complexity index is 1180. The van der Waals surface area contributed by atoms with E-state index >= 15 is 0 Å². The van der Waals surface area contributed by atoms with Gasteiger partial charge in [0.05, 0.1) is 18.6 Å². The van der Waals surface area contributed by atoms with Crippen molar-refractivity contribution in [1.29, 1.82) is 0 Å². The van der Waals surface area contributed by atoms with Crippen molar-refractivity contribution in [1.82, 2.24) is 0 Å². The van der Waals surface area contributed by atoms with Crippen LogP contribution in [0.1, 0.15) is 66.4 Å². The smallest absolute Gasteiger partial charge is 0.302 e. The number of epoxide rings is 1. The topological polar surface area (TPSA) is 106 Å². The van der Waals surface area contributed by atoms with E-state index in [2.05, 4.69) is 13.8 Å². The third-order valence-corrected chi connectivity index (χ3v) is 11.0. The summed E-state index contributed by atoms with van der Waals surface area (Å²) in [5.74, 6) is -0.670. The second-order valence-corrected chi connectivity index (χ2v) is 12.7. The molecule has 3 saturated carbocycles. The van der Waals surface area contributed by atoms with Gasteiger partial charge in [-0.05, 0) is 48.8 Å². The van der Waals surface area contributed by atoms with Crippen molar-refractivity contribution in [3.63, 3.8) is 0 Å². The number of hydrogen-bond donors (Lipinski definition) is 1. The number of Topliss-reactive ketones (excluding diaryl/α,β-unsaturated/α-hetero) is 1. The maximum atomic E-state index is 13.5. The summed E-state index contributed by atoms with van der Waals surface area (Å²) in [7, 11) is 0. The lowest BCUT2D eigenvalue weighted by Gasteiger charge is -2.67. The lowest BCUT2D eigenvalue weighted by Crippen LogP contribution is -2.68. The first-order chi connectivity index (χ1) is 16.2. The maximum Gasteiger partial charge on any atom is 0.302 e. The van der Waals surface area contributed by atoms with Gasteiger partial charge in [-0.15, -0.1) is 0 Å². The summed E-state index contributed by atoms with van der Waals surface area (Å²) in [6, 6.07) is 1.65. The lowest BCUT2D eigenvalue weighted by atomic mass is 9.37. The second-order valence-electron chi connectivity index (χ2n) is 12.7. The molecule has 6 rings (SSSR count). The first-order valence-corrected chi connectivity index (χ1v) is 12.6. The summed E-state index contributed by atoms with van der Waals surface area (Å²) in [5.41, 5.74) is -3.03. The number of hydrogen-bond acceptors (Lipinski definition) is 7. The van der Waals surface area contributed by atoms with E-state index in [9.17, 15) is 19.5 Å². The van der Waals surface area contributed by atoms with Crippen molar-refractivity contribution < 1.29 is 33.4 Å². The molecule has 188 valence electrons. The number of carbonyl (C=O) groups excluding carboxylic acids is 3. The van der Waals surface area contributed by atoms with Crippen LogP contribution in [0.15, 0.2) is 34.7 Å². The Morgan fingerprint density at radius 1 is 1.14 bits per heavy atom. The molecule has 0 aromatic carbocycles. The molecular formula is C28H34O7. The third kappa shape index (κ3) is 2.42. The zero-order valence-electron chi connectivity index (χ0n) is 21.2. The highest BCUT2D eigenvalue weighted by Crippen LogP contribution is 2.75. The van der Waals surface area contributed by atoms with E-state index in [4.69, 9.17) is 13.9 Å². The molecule has 0 spiro atoms. The fourth-order valence-electron chi connectivity index (χ4n) is 9.25. The minimum absolute atomic E-state index is 0.000648. The third-order valence-electron chi connectivity index (χ3n) is 11.0. The molecule has 0 bridgehead atoms. The first-order valence-electron chi connectivity index (χ1n) is 12.6. The van der Waals surface area contributed by atoms with Crippen LogP contribution in [0.5, 0.6) is 0 Å². The summed E-state index contributed by atoms with van der Waals surface area (Å²) in [5, 5.41) is 12.0. The van der Waals surface area contributed by atoms with E-state index in [0.29, 0.717) is 24.8 Å². The predicted octanol–water partition coefficient (Wildman–Crippen LogP) is 3.73. The quantitative estimate of drug-likeness (QED) is 0.506. The molecule has 7 heteroatoms. The highest BCUT2D eigenvalue weighted by atomic mass is 16.6. The van der Waals surface area contributed by atoms with Gasteiger partial charge in [-0.3, -0.25) is 14.4 Å². The van der Waals surface area contributed by atoms with E-state index in [0.717, 1.165) is 5.57 Å². The Labute approximate surface area is 205 Å². The zero-order chi connectivity index (χ0) is 25.3. The van der Waals surface area contributed by atoms with Crippen LogP contribution in [0, 0.1) is 33.5 Å². The first kappa shape index (κ1) is 23.2. The van der Waals surface area contributed by atoms with Gasteiger partial charge < -0.3 is 19.0 Å². The van der Waals surface area contributed by atoms with Gasteiger partial charge in [-0.2, -0.15) is 0 Å². The molecule has 2 heterocycles. The Hall–Kier alpha value is -2.25. The van der Waals surface area contributed by atoms with Crippen molar-refractivity contribution in [2.75, 3.05) is 0 Å². The van der Waals surface area contributed by atoms with Gasteiger partial charge in [0.25, 0.3) is 0 Å². The number of ketones is 2. The van der Waals surface area contributed by atoms with Crippen molar-refractivity contribution >= 4 is 17.5 Å². The number of furan rings is 1. The van der Waals surface area contributed by atoms with E-state index in [1.54, 1.807) is 12.1 Å². The second kappa shape index (κ2) is 6.54. The summed E-state index contributed by atoms with van der Waals surface area (Å²) in [6.07, 6.45) is 5.19. The summed E-state index contributed by atoms with van der Waals surface area (Å²) < 4.78 is 17.4. The van der Waals surface area contributed by atoms with Crippen LogP contribution in [0.2, 0.25) is 0 Å². The highest BCUT2D eigenvalue weighted by molar-refractivity contribution is 6.03. The molecule has 9 unspecified atom stereocenters. The van der Waals surface area contributed by atoms with Crippen molar-refractivity contribution in [2.24, 2.45) is 33.5 Å². The van der Waals surface area contributed by atoms with Crippen molar-refractivity contribution in [3.8, 4) is 0 Å². The normalized spacial score (nSPS) is 49.3. The Balaban J connectivity index is 1.54. The van der Waals surface area contributed by atoms with Gasteiger partial charge in [-0.1, -0.05) is 34.6 Å². The molecular weight excluding hydrogens is 448 g/mol. The minimum Gasteiger partial charge on any atom is -0.472 e. The molecule has 0 radical (unpaired) electrons. The Morgan fingerprint density at radius 2 is 1.86 bits per heavy atom. The van der Waals surface area contributed by atoms with E-state index < -0.39 is 34.1 Å². The molecule has 35 heavy (non-hydrogen) atoms. The number of esters is 1. The average molecular weight is 483 g/mol. The summed E-state index contributed by atoms with van der Waals surface area (Å²) >= 11 is 0. The van der Waals surface area contributed by atoms with Crippen molar-refractivity contribution in [3.05, 3.63) is 35.8 Å². The van der Waals surface area contributed by atoms with Crippen LogP contribution < -0.4 is 0 Å². The van der Waals surface area contributed by atoms with Crippen LogP contribution in [0.3, 0.4) is 0 Å². The highest BCUT2D eigenvalue weighted by Gasteiger charge is 2.78. The molecule has 5 aliphatic rings. The molecule has 1 aromatic rings. The minimum atomic E-state index is -1.75. The van der Waals surface area contributed by atoms with E-state index in [1.807, 2.05) is 20.8 Å². The van der Waals surface area contributed by atoms with Gasteiger partial charge in [0.2, 0.25) is 0 Å². The Kier molecular flexibility index (Phi) is 4.33. The molecule has 1 aromatic heterocycles. The van der Waals surface area contributed by atoms with Gasteiger partial charge in [-0.25, -0.2) is 0 Å². The van der Waals surface area contributed by atoms with Crippen LogP contribution in [-0.4, -0.2) is 41.0 Å². The number of rotatable bonds is 2. The SMILES string of the molecule is CC(=O)OC1CC2C(C)(C)C(=O)C3OC3C2(C)C2CCC3(C)C(=CC(=O)C3(O)c3ccoc3)C12C. The molecule has 4 fully saturated rings. The van der Waals surface area contributed by atoms with Crippen LogP contribution >= 0.6 is 0 Å². The molecule has 4 aliphatic carbocycles. The van der Waals surface area contributed by atoms with Gasteiger partial charge in [0.15, 0.2) is 17.2 Å². The van der Waals surface area contributed by atoms with E-state index in [-0.39, 0.29) is 40.9 Å². The number of ether oxygens (including phenoxy) is 2. The zero-order valence-corrected chi connectivity index (χ0v) is 21.2. The maximum absolute atomic E-state index is 13.5. The summed E-state index contributed by atoms with van der Waals surface area (Å²) in [6.45, 7) is 11.7. The number of fused-ring (bicyclic) bond motifs is 7. The average Bonchev–Trinajstić information content (AvgIpc) is 3.34. The molecule has 1 aliphatic heterocycles. The molecule has 1 saturated heterocycles.